The Morgan fingerprint density at radius 1 is 1.11 bits per heavy atom. The van der Waals surface area contributed by atoms with Crippen LogP contribution in [-0.4, -0.2) is 62.4 Å². The number of hydrogen-bond acceptors (Lipinski definition) is 4. The Morgan fingerprint density at radius 3 is 2.11 bits per heavy atom. The molecule has 0 atom stereocenters. The first-order valence-corrected chi connectivity index (χ1v) is 9.22. The molecule has 1 aliphatic heterocycles. The number of piperazine rings is 1. The van der Waals surface area contributed by atoms with Crippen molar-refractivity contribution in [1.82, 2.24) is 9.21 Å². The Bertz CT molecular complexity index is 370. The summed E-state index contributed by atoms with van der Waals surface area (Å²) in [6.45, 7) is 4.10. The lowest BCUT2D eigenvalue weighted by Gasteiger charge is -2.39. The molecule has 4 nitrogen and oxygen atoms in total. The van der Waals surface area contributed by atoms with Gasteiger partial charge in [-0.3, -0.25) is 0 Å². The van der Waals surface area contributed by atoms with Crippen molar-refractivity contribution in [2.75, 3.05) is 44.7 Å². The summed E-state index contributed by atoms with van der Waals surface area (Å²) in [7, 11) is -3.01. The number of hydrogen-bond donors (Lipinski definition) is 1. The van der Waals surface area contributed by atoms with Crippen molar-refractivity contribution in [3.63, 3.8) is 0 Å². The Kier molecular flexibility index (Phi) is 4.62. The van der Waals surface area contributed by atoms with Crippen LogP contribution in [0.4, 0.5) is 0 Å². The van der Waals surface area contributed by atoms with E-state index in [0.717, 1.165) is 25.4 Å². The minimum atomic E-state index is -3.01. The Balaban J connectivity index is 1.87. The minimum absolute atomic E-state index is 0.385. The fraction of sp³-hybridized carbons (Fsp3) is 1.00. The summed E-state index contributed by atoms with van der Waals surface area (Å²) in [6, 6.07) is 0. The lowest BCUT2D eigenvalue weighted by atomic mass is 9.87. The van der Waals surface area contributed by atoms with Crippen LogP contribution < -0.4 is 0 Å². The van der Waals surface area contributed by atoms with Gasteiger partial charge in [-0.2, -0.15) is 16.9 Å². The van der Waals surface area contributed by atoms with Gasteiger partial charge in [0, 0.05) is 32.7 Å². The predicted octanol–water partition coefficient (Wildman–Crippen LogP) is 1.05. The zero-order valence-electron chi connectivity index (χ0n) is 11.1. The third kappa shape index (κ3) is 3.40. The van der Waals surface area contributed by atoms with Gasteiger partial charge >= 0.3 is 0 Å². The summed E-state index contributed by atoms with van der Waals surface area (Å²) in [5.41, 5.74) is 0.385. The molecule has 0 amide bonds. The molecule has 1 saturated heterocycles. The normalized spacial score (nSPS) is 26.6. The number of nitrogens with zero attached hydrogens (tertiary/aromatic N) is 2. The van der Waals surface area contributed by atoms with E-state index in [4.69, 9.17) is 0 Å². The average molecular weight is 292 g/mol. The van der Waals surface area contributed by atoms with Gasteiger partial charge < -0.3 is 4.90 Å². The average Bonchev–Trinajstić information content (AvgIpc) is 2.78. The maximum atomic E-state index is 11.5. The van der Waals surface area contributed by atoms with Gasteiger partial charge in [-0.05, 0) is 24.0 Å². The van der Waals surface area contributed by atoms with Gasteiger partial charge in [0.05, 0.1) is 6.26 Å². The monoisotopic (exact) mass is 292 g/mol. The molecular weight excluding hydrogens is 268 g/mol. The molecule has 106 valence electrons. The third-order valence-corrected chi connectivity index (χ3v) is 6.33. The maximum absolute atomic E-state index is 11.5. The van der Waals surface area contributed by atoms with E-state index in [1.165, 1.54) is 31.9 Å². The van der Waals surface area contributed by atoms with Crippen molar-refractivity contribution in [3.05, 3.63) is 0 Å². The van der Waals surface area contributed by atoms with Gasteiger partial charge in [-0.15, -0.1) is 0 Å². The highest BCUT2D eigenvalue weighted by atomic mass is 32.2. The largest absolute Gasteiger partial charge is 0.300 e. The molecule has 0 aromatic carbocycles. The van der Waals surface area contributed by atoms with E-state index >= 15 is 0 Å². The fourth-order valence-electron chi connectivity index (χ4n) is 3.18. The molecule has 1 saturated carbocycles. The van der Waals surface area contributed by atoms with Crippen LogP contribution in [0.5, 0.6) is 0 Å². The van der Waals surface area contributed by atoms with Gasteiger partial charge in [-0.25, -0.2) is 8.42 Å². The second kappa shape index (κ2) is 5.69. The standard InChI is InChI=1S/C12H24N2O2S2/c1-18(15,16)14-8-6-13(7-9-14)10-12(11-17)4-2-3-5-12/h17H,2-11H2,1H3. The predicted molar refractivity (Wildman–Crippen MR) is 77.6 cm³/mol. The Labute approximate surface area is 116 Å². The van der Waals surface area contributed by atoms with Crippen molar-refractivity contribution in [2.24, 2.45) is 5.41 Å². The number of rotatable bonds is 4. The van der Waals surface area contributed by atoms with Crippen LogP contribution in [0.2, 0.25) is 0 Å². The summed E-state index contributed by atoms with van der Waals surface area (Å²) in [5, 5.41) is 0. The SMILES string of the molecule is CS(=O)(=O)N1CCN(CC2(CS)CCCC2)CC1. The summed E-state index contributed by atoms with van der Waals surface area (Å²) < 4.78 is 24.5. The molecule has 2 rings (SSSR count). The van der Waals surface area contributed by atoms with Crippen LogP contribution in [0, 0.1) is 5.41 Å². The van der Waals surface area contributed by atoms with E-state index in [1.807, 2.05) is 0 Å². The van der Waals surface area contributed by atoms with Gasteiger partial charge in [0.15, 0.2) is 0 Å². The first-order chi connectivity index (χ1) is 8.45. The first kappa shape index (κ1) is 14.6. The second-order valence-electron chi connectivity index (χ2n) is 5.80. The Morgan fingerprint density at radius 2 is 1.67 bits per heavy atom. The van der Waals surface area contributed by atoms with E-state index in [-0.39, 0.29) is 0 Å². The highest BCUT2D eigenvalue weighted by molar-refractivity contribution is 7.88. The quantitative estimate of drug-likeness (QED) is 0.788. The smallest absolute Gasteiger partial charge is 0.211 e. The van der Waals surface area contributed by atoms with E-state index in [9.17, 15) is 8.42 Å². The first-order valence-electron chi connectivity index (χ1n) is 6.74. The molecule has 0 bridgehead atoms. The molecule has 0 aromatic rings. The molecule has 0 unspecified atom stereocenters. The highest BCUT2D eigenvalue weighted by Gasteiger charge is 2.35. The highest BCUT2D eigenvalue weighted by Crippen LogP contribution is 2.39. The second-order valence-corrected chi connectivity index (χ2v) is 8.10. The lowest BCUT2D eigenvalue weighted by molar-refractivity contribution is 0.129. The van der Waals surface area contributed by atoms with Crippen LogP contribution in [0.25, 0.3) is 0 Å². The zero-order chi connectivity index (χ0) is 13.2. The summed E-state index contributed by atoms with van der Waals surface area (Å²) >= 11 is 4.53. The molecule has 2 aliphatic rings. The van der Waals surface area contributed by atoms with Crippen LogP contribution >= 0.6 is 12.6 Å². The van der Waals surface area contributed by atoms with Gasteiger partial charge in [-0.1, -0.05) is 12.8 Å². The lowest BCUT2D eigenvalue weighted by Crippen LogP contribution is -2.51. The van der Waals surface area contributed by atoms with Crippen LogP contribution in [0.1, 0.15) is 25.7 Å². The van der Waals surface area contributed by atoms with E-state index in [2.05, 4.69) is 17.5 Å². The van der Waals surface area contributed by atoms with E-state index in [1.54, 1.807) is 4.31 Å². The number of thiol groups is 1. The molecule has 2 fully saturated rings. The molecule has 0 N–H and O–H groups in total. The summed E-state index contributed by atoms with van der Waals surface area (Å²) in [5.74, 6) is 0.958. The molecule has 1 heterocycles. The topological polar surface area (TPSA) is 40.6 Å². The van der Waals surface area contributed by atoms with Gasteiger partial charge in [0.25, 0.3) is 0 Å². The number of sulfonamides is 1. The third-order valence-electron chi connectivity index (χ3n) is 4.36. The molecular formula is C12H24N2O2S2. The van der Waals surface area contributed by atoms with Crippen LogP contribution in [-0.2, 0) is 10.0 Å². The zero-order valence-corrected chi connectivity index (χ0v) is 12.8. The maximum Gasteiger partial charge on any atom is 0.211 e. The minimum Gasteiger partial charge on any atom is -0.300 e. The molecule has 1 aliphatic carbocycles. The molecule has 0 spiro atoms. The van der Waals surface area contributed by atoms with Crippen molar-refractivity contribution in [2.45, 2.75) is 25.7 Å². The van der Waals surface area contributed by atoms with Crippen LogP contribution in [0.3, 0.4) is 0 Å². The molecule has 0 radical (unpaired) electrons. The van der Waals surface area contributed by atoms with Crippen LogP contribution in [0.15, 0.2) is 0 Å². The van der Waals surface area contributed by atoms with Crippen molar-refractivity contribution in [3.8, 4) is 0 Å². The molecule has 0 aromatic heterocycles. The van der Waals surface area contributed by atoms with E-state index in [0.29, 0.717) is 18.5 Å². The molecule has 18 heavy (non-hydrogen) atoms. The van der Waals surface area contributed by atoms with Crippen molar-refractivity contribution in [1.29, 1.82) is 0 Å². The summed E-state index contributed by atoms with van der Waals surface area (Å²) in [6.07, 6.45) is 6.51. The Hall–Kier alpha value is 0.220. The van der Waals surface area contributed by atoms with E-state index < -0.39 is 10.0 Å². The van der Waals surface area contributed by atoms with Gasteiger partial charge in [0.2, 0.25) is 10.0 Å². The summed E-state index contributed by atoms with van der Waals surface area (Å²) in [4.78, 5) is 2.42. The fourth-order valence-corrected chi connectivity index (χ4v) is 4.43. The van der Waals surface area contributed by atoms with Gasteiger partial charge in [0.1, 0.15) is 0 Å². The van der Waals surface area contributed by atoms with Crippen molar-refractivity contribution < 1.29 is 8.42 Å². The van der Waals surface area contributed by atoms with Crippen molar-refractivity contribution >= 4 is 22.7 Å². The molecule has 6 heteroatoms.